The maximum atomic E-state index is 11.7. The Hall–Kier alpha value is -2.89. The Balaban J connectivity index is 2.53. The molecule has 0 spiro atoms. The van der Waals surface area contributed by atoms with E-state index < -0.39 is 11.9 Å². The summed E-state index contributed by atoms with van der Waals surface area (Å²) in [5.74, 6) is -1.81. The first-order valence-electron chi connectivity index (χ1n) is 6.44. The third-order valence-corrected chi connectivity index (χ3v) is 3.32. The third-order valence-electron chi connectivity index (χ3n) is 3.32. The molecule has 3 N–H and O–H groups in total. The van der Waals surface area contributed by atoms with Crippen LogP contribution in [0.1, 0.15) is 17.0 Å². The minimum atomic E-state index is -1.07. The van der Waals surface area contributed by atoms with Gasteiger partial charge in [-0.2, -0.15) is 0 Å². The molecular formula is C16H16O6. The molecular weight excluding hydrogens is 288 g/mol. The van der Waals surface area contributed by atoms with Crippen LogP contribution in [0, 0.1) is 0 Å². The molecule has 2 aromatic rings. The van der Waals surface area contributed by atoms with Gasteiger partial charge in [0, 0.05) is 0 Å². The molecule has 0 aromatic heterocycles. The van der Waals surface area contributed by atoms with Gasteiger partial charge in [-0.15, -0.1) is 0 Å². The first-order valence-corrected chi connectivity index (χ1v) is 6.44. The number of rotatable bonds is 5. The van der Waals surface area contributed by atoms with Crippen LogP contribution in [-0.2, 0) is 4.79 Å². The molecule has 0 atom stereocenters. The van der Waals surface area contributed by atoms with Crippen molar-refractivity contribution in [1.82, 2.24) is 0 Å². The largest absolute Gasteiger partial charge is 0.504 e. The zero-order chi connectivity index (χ0) is 16.3. The summed E-state index contributed by atoms with van der Waals surface area (Å²) in [5, 5.41) is 28.8. The Labute approximate surface area is 127 Å². The minimum absolute atomic E-state index is 0.0707. The zero-order valence-electron chi connectivity index (χ0n) is 12.1. The van der Waals surface area contributed by atoms with Crippen molar-refractivity contribution in [1.29, 1.82) is 0 Å². The van der Waals surface area contributed by atoms with Gasteiger partial charge >= 0.3 is 5.97 Å². The fraction of sp³-hybridized carbons (Fsp3) is 0.188. The highest BCUT2D eigenvalue weighted by molar-refractivity contribution is 5.81. The molecule has 116 valence electrons. The van der Waals surface area contributed by atoms with Gasteiger partial charge in [0.15, 0.2) is 23.0 Å². The number of carboxylic acid groups (broad SMARTS) is 1. The summed E-state index contributed by atoms with van der Waals surface area (Å²) in [6.45, 7) is 0. The molecule has 2 rings (SSSR count). The molecule has 0 unspecified atom stereocenters. The Bertz CT molecular complexity index is 642. The number of benzene rings is 2. The summed E-state index contributed by atoms with van der Waals surface area (Å²) in [6.07, 6.45) is 0. The summed E-state index contributed by atoms with van der Waals surface area (Å²) in [5.41, 5.74) is 0.879. The quantitative estimate of drug-likeness (QED) is 0.784. The Morgan fingerprint density at radius 3 is 1.64 bits per heavy atom. The van der Waals surface area contributed by atoms with Crippen molar-refractivity contribution in [2.45, 2.75) is 5.92 Å². The first-order chi connectivity index (χ1) is 10.5. The van der Waals surface area contributed by atoms with Crippen LogP contribution in [-0.4, -0.2) is 35.5 Å². The Morgan fingerprint density at radius 1 is 0.909 bits per heavy atom. The molecule has 0 fully saturated rings. The Kier molecular flexibility index (Phi) is 4.41. The molecule has 0 saturated heterocycles. The highest BCUT2D eigenvalue weighted by Crippen LogP contribution is 2.36. The molecule has 0 radical (unpaired) electrons. The summed E-state index contributed by atoms with van der Waals surface area (Å²) in [6, 6.07) is 8.70. The van der Waals surface area contributed by atoms with Gasteiger partial charge in [-0.3, -0.25) is 4.79 Å². The normalized spacial score (nSPS) is 10.5. The number of carbonyl (C=O) groups is 1. The molecule has 6 heteroatoms. The fourth-order valence-corrected chi connectivity index (χ4v) is 2.23. The van der Waals surface area contributed by atoms with Crippen molar-refractivity contribution in [3.63, 3.8) is 0 Å². The van der Waals surface area contributed by atoms with E-state index in [1.807, 2.05) is 0 Å². The molecule has 0 saturated carbocycles. The first kappa shape index (κ1) is 15.5. The van der Waals surface area contributed by atoms with Gasteiger partial charge in [-0.25, -0.2) is 0 Å². The number of methoxy groups -OCH3 is 2. The third kappa shape index (κ3) is 2.90. The van der Waals surface area contributed by atoms with E-state index in [-0.39, 0.29) is 23.0 Å². The molecule has 0 aliphatic carbocycles. The SMILES string of the molecule is COc1cc(C(C(=O)O)c2ccc(O)c(OC)c2)ccc1O. The predicted molar refractivity (Wildman–Crippen MR) is 78.8 cm³/mol. The second kappa shape index (κ2) is 6.26. The summed E-state index contributed by atoms with van der Waals surface area (Å²) in [4.78, 5) is 11.7. The van der Waals surface area contributed by atoms with Crippen molar-refractivity contribution in [2.24, 2.45) is 0 Å². The van der Waals surface area contributed by atoms with E-state index in [0.717, 1.165) is 0 Å². The number of phenolic OH excluding ortho intramolecular Hbond substituents is 2. The van der Waals surface area contributed by atoms with Crippen LogP contribution in [0.4, 0.5) is 0 Å². The zero-order valence-corrected chi connectivity index (χ0v) is 12.1. The van der Waals surface area contributed by atoms with Gasteiger partial charge < -0.3 is 24.8 Å². The van der Waals surface area contributed by atoms with Crippen LogP contribution < -0.4 is 9.47 Å². The van der Waals surface area contributed by atoms with E-state index >= 15 is 0 Å². The molecule has 0 amide bonds. The lowest BCUT2D eigenvalue weighted by Gasteiger charge is -2.16. The number of aliphatic carboxylic acids is 1. The molecule has 0 aliphatic rings. The lowest BCUT2D eigenvalue weighted by Crippen LogP contribution is -2.13. The second-order valence-electron chi connectivity index (χ2n) is 4.63. The number of phenols is 2. The maximum Gasteiger partial charge on any atom is 0.315 e. The van der Waals surface area contributed by atoms with Crippen LogP contribution in [0.2, 0.25) is 0 Å². The van der Waals surface area contributed by atoms with Crippen molar-refractivity contribution >= 4 is 5.97 Å². The highest BCUT2D eigenvalue weighted by Gasteiger charge is 2.24. The molecule has 2 aromatic carbocycles. The number of hydrogen-bond acceptors (Lipinski definition) is 5. The number of hydrogen-bond donors (Lipinski definition) is 3. The summed E-state index contributed by atoms with van der Waals surface area (Å²) in [7, 11) is 2.77. The fourth-order valence-electron chi connectivity index (χ4n) is 2.23. The average Bonchev–Trinajstić information content (AvgIpc) is 2.50. The van der Waals surface area contributed by atoms with E-state index in [1.54, 1.807) is 0 Å². The highest BCUT2D eigenvalue weighted by atomic mass is 16.5. The maximum absolute atomic E-state index is 11.7. The van der Waals surface area contributed by atoms with E-state index in [4.69, 9.17) is 9.47 Å². The van der Waals surface area contributed by atoms with Crippen molar-refractivity contribution in [3.05, 3.63) is 47.5 Å². The van der Waals surface area contributed by atoms with Crippen molar-refractivity contribution < 1.29 is 29.6 Å². The molecule has 6 nitrogen and oxygen atoms in total. The van der Waals surface area contributed by atoms with Gasteiger partial charge in [0.1, 0.15) is 5.92 Å². The van der Waals surface area contributed by atoms with E-state index in [0.29, 0.717) is 11.1 Å². The van der Waals surface area contributed by atoms with Crippen LogP contribution in [0.3, 0.4) is 0 Å². The number of aromatic hydroxyl groups is 2. The number of carboxylic acids is 1. The van der Waals surface area contributed by atoms with Gasteiger partial charge in [-0.05, 0) is 35.4 Å². The standard InChI is InChI=1S/C16H16O6/c1-21-13-7-9(3-5-11(13)17)15(16(19)20)10-4-6-12(18)14(8-10)22-2/h3-8,15,17-18H,1-2H3,(H,19,20). The molecule has 0 aliphatic heterocycles. The minimum Gasteiger partial charge on any atom is -0.504 e. The second-order valence-corrected chi connectivity index (χ2v) is 4.63. The number of ether oxygens (including phenoxy) is 2. The van der Waals surface area contributed by atoms with Gasteiger partial charge in [0.05, 0.1) is 14.2 Å². The van der Waals surface area contributed by atoms with Gasteiger partial charge in [-0.1, -0.05) is 12.1 Å². The van der Waals surface area contributed by atoms with Gasteiger partial charge in [0.2, 0.25) is 0 Å². The topological polar surface area (TPSA) is 96.2 Å². The Morgan fingerprint density at radius 2 is 1.32 bits per heavy atom. The lowest BCUT2D eigenvalue weighted by molar-refractivity contribution is -0.137. The molecule has 22 heavy (non-hydrogen) atoms. The van der Waals surface area contributed by atoms with Crippen LogP contribution in [0.25, 0.3) is 0 Å². The summed E-state index contributed by atoms with van der Waals surface area (Å²) >= 11 is 0. The molecule has 0 heterocycles. The van der Waals surface area contributed by atoms with E-state index in [9.17, 15) is 20.1 Å². The van der Waals surface area contributed by atoms with E-state index in [2.05, 4.69) is 0 Å². The van der Waals surface area contributed by atoms with Crippen LogP contribution in [0.5, 0.6) is 23.0 Å². The molecule has 0 bridgehead atoms. The van der Waals surface area contributed by atoms with Crippen molar-refractivity contribution in [2.75, 3.05) is 14.2 Å². The smallest absolute Gasteiger partial charge is 0.315 e. The van der Waals surface area contributed by atoms with Crippen LogP contribution >= 0.6 is 0 Å². The average molecular weight is 304 g/mol. The lowest BCUT2D eigenvalue weighted by atomic mass is 9.91. The predicted octanol–water partition coefficient (Wildman–Crippen LogP) is 2.33. The van der Waals surface area contributed by atoms with Crippen molar-refractivity contribution in [3.8, 4) is 23.0 Å². The monoisotopic (exact) mass is 304 g/mol. The van der Waals surface area contributed by atoms with E-state index in [1.165, 1.54) is 50.6 Å². The summed E-state index contributed by atoms with van der Waals surface area (Å²) < 4.78 is 10.0. The van der Waals surface area contributed by atoms with Crippen LogP contribution in [0.15, 0.2) is 36.4 Å². The van der Waals surface area contributed by atoms with Gasteiger partial charge in [0.25, 0.3) is 0 Å².